The number of nitrogens with one attached hydrogen (secondary N) is 2. The van der Waals surface area contributed by atoms with E-state index in [0.717, 1.165) is 6.54 Å². The molecule has 0 radical (unpaired) electrons. The summed E-state index contributed by atoms with van der Waals surface area (Å²) in [6.45, 7) is 4.44. The van der Waals surface area contributed by atoms with Gasteiger partial charge in [0.1, 0.15) is 11.5 Å². The third-order valence-electron chi connectivity index (χ3n) is 2.26. The molecule has 1 aromatic carbocycles. The van der Waals surface area contributed by atoms with E-state index in [0.29, 0.717) is 22.1 Å². The molecule has 0 aromatic heterocycles. The van der Waals surface area contributed by atoms with Crippen molar-refractivity contribution in [1.29, 1.82) is 0 Å². The Bertz CT molecular complexity index is 461. The number of rotatable bonds is 4. The zero-order valence-corrected chi connectivity index (χ0v) is 11.5. The first-order valence-electron chi connectivity index (χ1n) is 5.54. The first-order valence-corrected chi connectivity index (χ1v) is 5.94. The van der Waals surface area contributed by atoms with E-state index < -0.39 is 0 Å². The summed E-state index contributed by atoms with van der Waals surface area (Å²) in [6.07, 6.45) is 0. The Morgan fingerprint density at radius 3 is 2.83 bits per heavy atom. The summed E-state index contributed by atoms with van der Waals surface area (Å²) in [7, 11) is 1.57. The number of benzene rings is 1. The molecule has 1 rings (SSSR count). The molecule has 3 N–H and O–H groups in total. The molecule has 98 valence electrons. The van der Waals surface area contributed by atoms with Crippen molar-refractivity contribution in [2.24, 2.45) is 5.10 Å². The Morgan fingerprint density at radius 1 is 1.50 bits per heavy atom. The van der Waals surface area contributed by atoms with Gasteiger partial charge in [0.05, 0.1) is 12.8 Å². The second-order valence-electron chi connectivity index (χ2n) is 3.55. The van der Waals surface area contributed by atoms with Crippen molar-refractivity contribution < 1.29 is 9.84 Å². The smallest absolute Gasteiger partial charge is 0.186 e. The van der Waals surface area contributed by atoms with Gasteiger partial charge in [0.25, 0.3) is 0 Å². The molecule has 18 heavy (non-hydrogen) atoms. The van der Waals surface area contributed by atoms with E-state index in [1.165, 1.54) is 0 Å². The average Bonchev–Trinajstić information content (AvgIpc) is 2.37. The number of aromatic hydroxyl groups is 1. The first-order chi connectivity index (χ1) is 8.58. The summed E-state index contributed by atoms with van der Waals surface area (Å²) in [4.78, 5) is 0. The second kappa shape index (κ2) is 6.80. The minimum absolute atomic E-state index is 0.146. The normalized spacial score (nSPS) is 10.9. The molecule has 6 heteroatoms. The van der Waals surface area contributed by atoms with E-state index in [-0.39, 0.29) is 5.75 Å². The summed E-state index contributed by atoms with van der Waals surface area (Å²) in [6, 6.07) is 4.96. The van der Waals surface area contributed by atoms with Gasteiger partial charge in [-0.05, 0) is 44.3 Å². The van der Waals surface area contributed by atoms with Crippen molar-refractivity contribution in [1.82, 2.24) is 10.7 Å². The number of ether oxygens (including phenoxy) is 1. The molecule has 5 nitrogen and oxygen atoms in total. The second-order valence-corrected chi connectivity index (χ2v) is 3.96. The van der Waals surface area contributed by atoms with E-state index in [2.05, 4.69) is 15.8 Å². The van der Waals surface area contributed by atoms with Crippen LogP contribution in [0.1, 0.15) is 19.4 Å². The van der Waals surface area contributed by atoms with Gasteiger partial charge in [-0.1, -0.05) is 0 Å². The van der Waals surface area contributed by atoms with Crippen LogP contribution >= 0.6 is 12.2 Å². The number of nitrogens with zero attached hydrogens (tertiary/aromatic N) is 1. The molecule has 0 saturated heterocycles. The molecule has 0 saturated carbocycles. The van der Waals surface area contributed by atoms with Crippen LogP contribution in [0, 0.1) is 0 Å². The Hall–Kier alpha value is -1.82. The fourth-order valence-electron chi connectivity index (χ4n) is 1.33. The van der Waals surface area contributed by atoms with Crippen LogP contribution in [0.2, 0.25) is 0 Å². The maximum absolute atomic E-state index is 9.76. The number of hydrogen-bond acceptors (Lipinski definition) is 4. The highest BCUT2D eigenvalue weighted by Gasteiger charge is 2.06. The third kappa shape index (κ3) is 3.89. The van der Waals surface area contributed by atoms with Crippen LogP contribution in [-0.2, 0) is 0 Å². The molecule has 0 unspecified atom stereocenters. The van der Waals surface area contributed by atoms with Gasteiger partial charge in [-0.2, -0.15) is 5.10 Å². The topological polar surface area (TPSA) is 65.9 Å². The van der Waals surface area contributed by atoms with Gasteiger partial charge < -0.3 is 15.2 Å². The minimum atomic E-state index is 0.146. The van der Waals surface area contributed by atoms with E-state index >= 15 is 0 Å². The third-order valence-corrected chi connectivity index (χ3v) is 2.49. The molecular formula is C12H17N3O2S. The van der Waals surface area contributed by atoms with Gasteiger partial charge in [-0.25, -0.2) is 0 Å². The molecule has 0 aliphatic rings. The summed E-state index contributed by atoms with van der Waals surface area (Å²) >= 11 is 4.99. The lowest BCUT2D eigenvalue weighted by atomic mass is 10.1. The van der Waals surface area contributed by atoms with Crippen molar-refractivity contribution >= 4 is 23.0 Å². The zero-order valence-electron chi connectivity index (χ0n) is 10.7. The molecule has 1 aromatic rings. The van der Waals surface area contributed by atoms with Crippen LogP contribution < -0.4 is 15.5 Å². The van der Waals surface area contributed by atoms with Gasteiger partial charge in [-0.3, -0.25) is 5.43 Å². The largest absolute Gasteiger partial charge is 0.507 e. The molecule has 0 amide bonds. The highest BCUT2D eigenvalue weighted by atomic mass is 32.1. The predicted molar refractivity (Wildman–Crippen MR) is 76.3 cm³/mol. The SMILES string of the molecule is CCNC(=S)N/N=C(\C)c1cc(OC)ccc1O. The molecule has 0 bridgehead atoms. The molecule has 0 fully saturated rings. The summed E-state index contributed by atoms with van der Waals surface area (Å²) in [5.74, 6) is 0.805. The fourth-order valence-corrected chi connectivity index (χ4v) is 1.52. The van der Waals surface area contributed by atoms with Crippen LogP contribution in [-0.4, -0.2) is 29.6 Å². The van der Waals surface area contributed by atoms with Gasteiger partial charge in [-0.15, -0.1) is 0 Å². The van der Waals surface area contributed by atoms with E-state index in [1.54, 1.807) is 32.2 Å². The molecule has 0 heterocycles. The maximum atomic E-state index is 9.76. The lowest BCUT2D eigenvalue weighted by molar-refractivity contribution is 0.412. The summed E-state index contributed by atoms with van der Waals surface area (Å²) in [5, 5.41) is 17.2. The van der Waals surface area contributed by atoms with Crippen LogP contribution in [0.15, 0.2) is 23.3 Å². The van der Waals surface area contributed by atoms with Gasteiger partial charge >= 0.3 is 0 Å². The van der Waals surface area contributed by atoms with Crippen LogP contribution in [0.3, 0.4) is 0 Å². The molecule has 0 atom stereocenters. The summed E-state index contributed by atoms with van der Waals surface area (Å²) < 4.78 is 5.10. The Balaban J connectivity index is 2.85. The van der Waals surface area contributed by atoms with Gasteiger partial charge in [0.15, 0.2) is 5.11 Å². The minimum Gasteiger partial charge on any atom is -0.507 e. The predicted octanol–water partition coefficient (Wildman–Crippen LogP) is 1.61. The Labute approximate surface area is 112 Å². The number of hydrogen-bond donors (Lipinski definition) is 3. The molecule has 0 aliphatic heterocycles. The first kappa shape index (κ1) is 14.2. The van der Waals surface area contributed by atoms with Gasteiger partial charge in [0, 0.05) is 12.1 Å². The zero-order chi connectivity index (χ0) is 13.5. The number of thiocarbonyl (C=S) groups is 1. The lowest BCUT2D eigenvalue weighted by Crippen LogP contribution is -2.32. The quantitative estimate of drug-likeness (QED) is 0.439. The van der Waals surface area contributed by atoms with E-state index in [9.17, 15) is 5.11 Å². The van der Waals surface area contributed by atoms with E-state index in [1.807, 2.05) is 6.92 Å². The van der Waals surface area contributed by atoms with Crippen LogP contribution in [0.5, 0.6) is 11.5 Å². The average molecular weight is 267 g/mol. The Kier molecular flexibility index (Phi) is 5.38. The van der Waals surface area contributed by atoms with E-state index in [4.69, 9.17) is 17.0 Å². The standard InChI is InChI=1S/C12H17N3O2S/c1-4-13-12(18)15-14-8(2)10-7-9(17-3)5-6-11(10)16/h5-7,16H,4H2,1-3H3,(H2,13,15,18)/b14-8+. The molecular weight excluding hydrogens is 250 g/mol. The number of phenolic OH excluding ortho intramolecular Hbond substituents is 1. The van der Waals surface area contributed by atoms with Crippen molar-refractivity contribution in [3.05, 3.63) is 23.8 Å². The maximum Gasteiger partial charge on any atom is 0.186 e. The van der Waals surface area contributed by atoms with Crippen molar-refractivity contribution in [2.45, 2.75) is 13.8 Å². The number of methoxy groups -OCH3 is 1. The van der Waals surface area contributed by atoms with Crippen molar-refractivity contribution in [2.75, 3.05) is 13.7 Å². The number of phenols is 1. The lowest BCUT2D eigenvalue weighted by Gasteiger charge is -2.08. The van der Waals surface area contributed by atoms with Crippen molar-refractivity contribution in [3.63, 3.8) is 0 Å². The van der Waals surface area contributed by atoms with Crippen molar-refractivity contribution in [3.8, 4) is 11.5 Å². The fraction of sp³-hybridized carbons (Fsp3) is 0.333. The monoisotopic (exact) mass is 267 g/mol. The molecule has 0 aliphatic carbocycles. The molecule has 0 spiro atoms. The number of hydrazone groups is 1. The van der Waals surface area contributed by atoms with Crippen LogP contribution in [0.25, 0.3) is 0 Å². The highest BCUT2D eigenvalue weighted by molar-refractivity contribution is 7.80. The summed E-state index contributed by atoms with van der Waals surface area (Å²) in [5.41, 5.74) is 3.92. The Morgan fingerprint density at radius 2 is 2.22 bits per heavy atom. The highest BCUT2D eigenvalue weighted by Crippen LogP contribution is 2.23. The van der Waals surface area contributed by atoms with Gasteiger partial charge in [0.2, 0.25) is 0 Å². The van der Waals surface area contributed by atoms with Crippen LogP contribution in [0.4, 0.5) is 0 Å².